The van der Waals surface area contributed by atoms with Gasteiger partial charge in [-0.25, -0.2) is 13.1 Å². The molecule has 10 heteroatoms. The number of nitro benzene ring substituents is 1. The van der Waals surface area contributed by atoms with Gasteiger partial charge in [0.25, 0.3) is 11.6 Å². The number of nitrogens with zero attached hydrogens (tertiary/aromatic N) is 3. The fraction of sp³-hybridized carbons (Fsp3) is 0.0909. The van der Waals surface area contributed by atoms with Crippen molar-refractivity contribution in [3.05, 3.63) is 93.7 Å². The van der Waals surface area contributed by atoms with E-state index in [4.69, 9.17) is 0 Å². The van der Waals surface area contributed by atoms with Crippen molar-refractivity contribution in [2.45, 2.75) is 11.5 Å². The zero-order chi connectivity index (χ0) is 22.5. The molecule has 1 N–H and O–H groups in total. The lowest BCUT2D eigenvalue weighted by atomic mass is 10.0. The molecule has 3 aromatic carbocycles. The van der Waals surface area contributed by atoms with Crippen molar-refractivity contribution in [3.63, 3.8) is 0 Å². The maximum absolute atomic E-state index is 13.2. The highest BCUT2D eigenvalue weighted by molar-refractivity contribution is 7.90. The zero-order valence-electron chi connectivity index (χ0n) is 16.6. The number of anilines is 1. The van der Waals surface area contributed by atoms with Crippen LogP contribution in [0.1, 0.15) is 21.6 Å². The van der Waals surface area contributed by atoms with E-state index in [1.807, 2.05) is 30.3 Å². The number of carbonyl (C=O) groups is 1. The van der Waals surface area contributed by atoms with Crippen molar-refractivity contribution < 1.29 is 18.1 Å². The molecular weight excluding hydrogens is 432 g/mol. The molecule has 1 aliphatic rings. The van der Waals surface area contributed by atoms with Crippen molar-refractivity contribution in [3.8, 4) is 5.69 Å². The molecule has 0 unspecified atom stereocenters. The molecule has 0 spiro atoms. The van der Waals surface area contributed by atoms with Crippen molar-refractivity contribution in [2.75, 3.05) is 5.32 Å². The molecule has 0 aliphatic carbocycles. The van der Waals surface area contributed by atoms with Crippen LogP contribution in [0.2, 0.25) is 0 Å². The highest BCUT2D eigenvalue weighted by Gasteiger charge is 2.33. The van der Waals surface area contributed by atoms with Gasteiger partial charge >= 0.3 is 0 Å². The first-order valence-electron chi connectivity index (χ1n) is 9.67. The van der Waals surface area contributed by atoms with E-state index in [1.54, 1.807) is 12.1 Å². The van der Waals surface area contributed by atoms with Gasteiger partial charge in [0.2, 0.25) is 0 Å². The summed E-state index contributed by atoms with van der Waals surface area (Å²) in [5.41, 5.74) is 1.61. The normalized spacial score (nSPS) is 14.2. The van der Waals surface area contributed by atoms with Crippen molar-refractivity contribution in [2.24, 2.45) is 0 Å². The number of aromatic nitrogens is 2. The highest BCUT2D eigenvalue weighted by atomic mass is 32.2. The third-order valence-electron chi connectivity index (χ3n) is 5.36. The Morgan fingerprint density at radius 1 is 1.00 bits per heavy atom. The van der Waals surface area contributed by atoms with E-state index in [9.17, 15) is 23.3 Å². The third-order valence-corrected chi connectivity index (χ3v) is 6.80. The molecule has 1 amide bonds. The van der Waals surface area contributed by atoms with E-state index < -0.39 is 20.7 Å². The molecule has 0 saturated carbocycles. The standard InChI is InChI=1S/C22H16N4O5S/c27-22(18-7-3-5-14-4-1-2-6-17(14)18)23-21-19-12-32(30,31)13-20(19)24-25(21)15-8-10-16(11-9-15)26(28)29/h1-11H,12-13H2,(H,23,27). The molecule has 5 rings (SSSR count). The average Bonchev–Trinajstić information content (AvgIpc) is 3.25. The third kappa shape index (κ3) is 3.40. The average molecular weight is 448 g/mol. The predicted molar refractivity (Wildman–Crippen MR) is 118 cm³/mol. The van der Waals surface area contributed by atoms with E-state index in [2.05, 4.69) is 10.4 Å². The number of fused-ring (bicyclic) bond motifs is 2. The summed E-state index contributed by atoms with van der Waals surface area (Å²) in [6.45, 7) is 0. The van der Waals surface area contributed by atoms with Gasteiger partial charge < -0.3 is 5.32 Å². The van der Waals surface area contributed by atoms with Gasteiger partial charge in [0.15, 0.2) is 9.84 Å². The van der Waals surface area contributed by atoms with Crippen LogP contribution in [0.4, 0.5) is 11.5 Å². The maximum Gasteiger partial charge on any atom is 0.269 e. The molecule has 0 radical (unpaired) electrons. The quantitative estimate of drug-likeness (QED) is 0.376. The van der Waals surface area contributed by atoms with Crippen LogP contribution in [0.25, 0.3) is 16.5 Å². The van der Waals surface area contributed by atoms with Crippen molar-refractivity contribution in [1.29, 1.82) is 0 Å². The summed E-state index contributed by atoms with van der Waals surface area (Å²) in [6, 6.07) is 18.5. The first-order chi connectivity index (χ1) is 15.3. The monoisotopic (exact) mass is 448 g/mol. The van der Waals surface area contributed by atoms with Gasteiger partial charge in [0.05, 0.1) is 27.8 Å². The lowest BCUT2D eigenvalue weighted by Crippen LogP contribution is -2.17. The highest BCUT2D eigenvalue weighted by Crippen LogP contribution is 2.34. The van der Waals surface area contributed by atoms with Crippen LogP contribution in [0, 0.1) is 10.1 Å². The number of hydrogen-bond acceptors (Lipinski definition) is 6. The van der Waals surface area contributed by atoms with Gasteiger partial charge in [-0.05, 0) is 29.0 Å². The molecule has 1 aromatic heterocycles. The van der Waals surface area contributed by atoms with Crippen LogP contribution in [-0.2, 0) is 21.3 Å². The smallest absolute Gasteiger partial charge is 0.269 e. The minimum Gasteiger partial charge on any atom is -0.306 e. The van der Waals surface area contributed by atoms with E-state index in [0.717, 1.165) is 10.8 Å². The molecule has 9 nitrogen and oxygen atoms in total. The Morgan fingerprint density at radius 3 is 2.47 bits per heavy atom. The molecule has 0 fully saturated rings. The minimum atomic E-state index is -3.35. The Morgan fingerprint density at radius 2 is 1.72 bits per heavy atom. The van der Waals surface area contributed by atoms with E-state index in [-0.39, 0.29) is 23.0 Å². The summed E-state index contributed by atoms with van der Waals surface area (Å²) in [6.07, 6.45) is 0. The SMILES string of the molecule is O=C(Nc1c2c(nn1-c1ccc([N+](=O)[O-])cc1)CS(=O)(=O)C2)c1cccc2ccccc12. The van der Waals surface area contributed by atoms with Gasteiger partial charge in [0.1, 0.15) is 5.82 Å². The predicted octanol–water partition coefficient (Wildman–Crippen LogP) is 3.61. The van der Waals surface area contributed by atoms with Crippen LogP contribution >= 0.6 is 0 Å². The summed E-state index contributed by atoms with van der Waals surface area (Å²) in [5, 5.41) is 19.9. The second-order valence-corrected chi connectivity index (χ2v) is 9.54. The number of amides is 1. The number of hydrogen-bond donors (Lipinski definition) is 1. The number of sulfone groups is 1. The molecule has 32 heavy (non-hydrogen) atoms. The van der Waals surface area contributed by atoms with E-state index in [1.165, 1.54) is 28.9 Å². The first kappa shape index (κ1) is 19.9. The van der Waals surface area contributed by atoms with Crippen LogP contribution in [0.3, 0.4) is 0 Å². The lowest BCUT2D eigenvalue weighted by molar-refractivity contribution is -0.384. The first-order valence-corrected chi connectivity index (χ1v) is 11.5. The molecule has 160 valence electrons. The van der Waals surface area contributed by atoms with Gasteiger partial charge in [0, 0.05) is 23.3 Å². The van der Waals surface area contributed by atoms with Crippen LogP contribution in [-0.4, -0.2) is 29.0 Å². The second-order valence-electron chi connectivity index (χ2n) is 7.47. The van der Waals surface area contributed by atoms with Crippen LogP contribution in [0.5, 0.6) is 0 Å². The summed E-state index contributed by atoms with van der Waals surface area (Å²) in [5.74, 6) is -0.621. The zero-order valence-corrected chi connectivity index (χ0v) is 17.4. The number of nitrogens with one attached hydrogen (secondary N) is 1. The van der Waals surface area contributed by atoms with Crippen molar-refractivity contribution in [1.82, 2.24) is 9.78 Å². The summed E-state index contributed by atoms with van der Waals surface area (Å²) in [7, 11) is -3.35. The Balaban J connectivity index is 1.59. The number of non-ortho nitro benzene ring substituents is 1. The van der Waals surface area contributed by atoms with Gasteiger partial charge in [-0.3, -0.25) is 14.9 Å². The molecule has 4 aromatic rings. The maximum atomic E-state index is 13.2. The van der Waals surface area contributed by atoms with Crippen LogP contribution in [0.15, 0.2) is 66.7 Å². The van der Waals surface area contributed by atoms with Gasteiger partial charge in [-0.1, -0.05) is 36.4 Å². The molecular formula is C22H16N4O5S. The fourth-order valence-corrected chi connectivity index (χ4v) is 5.37. The number of nitro groups is 1. The molecule has 1 aliphatic heterocycles. The number of rotatable bonds is 4. The lowest BCUT2D eigenvalue weighted by Gasteiger charge is -2.12. The van der Waals surface area contributed by atoms with Crippen LogP contribution < -0.4 is 5.32 Å². The molecule has 0 saturated heterocycles. The molecule has 2 heterocycles. The number of carbonyl (C=O) groups excluding carboxylic acids is 1. The summed E-state index contributed by atoms with van der Waals surface area (Å²) < 4.78 is 25.7. The fourth-order valence-electron chi connectivity index (χ4n) is 3.87. The Hall–Kier alpha value is -4.05. The number of benzene rings is 3. The topological polar surface area (TPSA) is 124 Å². The largest absolute Gasteiger partial charge is 0.306 e. The van der Waals surface area contributed by atoms with Crippen molar-refractivity contribution >= 4 is 38.0 Å². The van der Waals surface area contributed by atoms with E-state index >= 15 is 0 Å². The Bertz CT molecular complexity index is 1500. The Labute approximate surface area is 182 Å². The molecule has 0 bridgehead atoms. The van der Waals surface area contributed by atoms with E-state index in [0.29, 0.717) is 22.5 Å². The summed E-state index contributed by atoms with van der Waals surface area (Å²) >= 11 is 0. The molecule has 0 atom stereocenters. The van der Waals surface area contributed by atoms with Gasteiger partial charge in [-0.15, -0.1) is 0 Å². The van der Waals surface area contributed by atoms with Gasteiger partial charge in [-0.2, -0.15) is 5.10 Å². The minimum absolute atomic E-state index is 0.0858. The Kier molecular flexibility index (Phi) is 4.52. The second kappa shape index (κ2) is 7.27. The summed E-state index contributed by atoms with van der Waals surface area (Å²) in [4.78, 5) is 23.7.